The average Bonchev–Trinajstić information content (AvgIpc) is 2.76. The zero-order valence-electron chi connectivity index (χ0n) is 8.98. The summed E-state index contributed by atoms with van der Waals surface area (Å²) in [6.07, 6.45) is 1.31. The molecule has 2 aromatic rings. The standard InChI is InChI=1S/C11H8ClN3O2/c1-6-2-8-9(17-5-16-8)3-7(6)10-11(12)13-4-14-15-10/h2-4H,5H2,1H3. The van der Waals surface area contributed by atoms with E-state index >= 15 is 0 Å². The summed E-state index contributed by atoms with van der Waals surface area (Å²) >= 11 is 6.00. The van der Waals surface area contributed by atoms with Crippen LogP contribution >= 0.6 is 11.6 Å². The predicted octanol–water partition coefficient (Wildman–Crippen LogP) is 2.23. The lowest BCUT2D eigenvalue weighted by Gasteiger charge is -2.06. The molecule has 0 saturated carbocycles. The number of rotatable bonds is 1. The first-order valence-corrected chi connectivity index (χ1v) is 5.37. The summed E-state index contributed by atoms with van der Waals surface area (Å²) in [7, 11) is 0. The fourth-order valence-electron chi connectivity index (χ4n) is 1.73. The van der Waals surface area contributed by atoms with E-state index in [1.807, 2.05) is 19.1 Å². The second-order valence-corrected chi connectivity index (χ2v) is 3.98. The first-order valence-electron chi connectivity index (χ1n) is 4.99. The summed E-state index contributed by atoms with van der Waals surface area (Å²) < 4.78 is 10.6. The van der Waals surface area contributed by atoms with E-state index in [0.29, 0.717) is 16.6 Å². The van der Waals surface area contributed by atoms with Crippen molar-refractivity contribution in [1.82, 2.24) is 15.2 Å². The van der Waals surface area contributed by atoms with Crippen LogP contribution in [0.2, 0.25) is 5.15 Å². The minimum atomic E-state index is 0.241. The molecular weight excluding hydrogens is 242 g/mol. The fourth-order valence-corrected chi connectivity index (χ4v) is 1.91. The van der Waals surface area contributed by atoms with E-state index < -0.39 is 0 Å². The molecule has 1 aliphatic rings. The smallest absolute Gasteiger partial charge is 0.231 e. The number of hydrogen-bond acceptors (Lipinski definition) is 5. The maximum absolute atomic E-state index is 6.00. The van der Waals surface area contributed by atoms with Crippen LogP contribution in [0.1, 0.15) is 5.56 Å². The number of aryl methyl sites for hydroxylation is 1. The Balaban J connectivity index is 2.19. The van der Waals surface area contributed by atoms with Crippen LogP contribution in [0.5, 0.6) is 11.5 Å². The number of halogens is 1. The lowest BCUT2D eigenvalue weighted by atomic mass is 10.1. The second-order valence-electron chi connectivity index (χ2n) is 3.62. The summed E-state index contributed by atoms with van der Waals surface area (Å²) in [6, 6.07) is 3.73. The van der Waals surface area contributed by atoms with Gasteiger partial charge in [-0.3, -0.25) is 0 Å². The number of nitrogens with zero attached hydrogens (tertiary/aromatic N) is 3. The zero-order valence-corrected chi connectivity index (χ0v) is 9.73. The Kier molecular flexibility index (Phi) is 2.33. The molecule has 0 amide bonds. The number of fused-ring (bicyclic) bond motifs is 1. The SMILES string of the molecule is Cc1cc2c(cc1-c1nncnc1Cl)OCO2. The molecule has 0 unspecified atom stereocenters. The van der Waals surface area contributed by atoms with E-state index in [9.17, 15) is 0 Å². The molecule has 0 aliphatic carbocycles. The van der Waals surface area contributed by atoms with Gasteiger partial charge in [0.05, 0.1) is 0 Å². The van der Waals surface area contributed by atoms with Gasteiger partial charge in [0.15, 0.2) is 16.7 Å². The van der Waals surface area contributed by atoms with Gasteiger partial charge in [0.25, 0.3) is 0 Å². The molecule has 1 aromatic heterocycles. The number of aromatic nitrogens is 3. The molecule has 0 N–H and O–H groups in total. The van der Waals surface area contributed by atoms with Crippen LogP contribution in [0.3, 0.4) is 0 Å². The van der Waals surface area contributed by atoms with E-state index in [1.165, 1.54) is 6.33 Å². The van der Waals surface area contributed by atoms with Gasteiger partial charge in [0.2, 0.25) is 6.79 Å². The molecule has 0 atom stereocenters. The van der Waals surface area contributed by atoms with Gasteiger partial charge in [-0.2, -0.15) is 0 Å². The number of hydrogen-bond donors (Lipinski definition) is 0. The Morgan fingerprint density at radius 2 is 2.00 bits per heavy atom. The van der Waals surface area contributed by atoms with Crippen LogP contribution in [0.25, 0.3) is 11.3 Å². The largest absolute Gasteiger partial charge is 0.454 e. The molecule has 17 heavy (non-hydrogen) atoms. The van der Waals surface area contributed by atoms with E-state index in [-0.39, 0.29) is 6.79 Å². The molecule has 0 spiro atoms. The van der Waals surface area contributed by atoms with Gasteiger partial charge in [-0.25, -0.2) is 4.98 Å². The minimum Gasteiger partial charge on any atom is -0.454 e. The Bertz CT molecular complexity index is 589. The molecular formula is C11H8ClN3O2. The van der Waals surface area contributed by atoms with Gasteiger partial charge >= 0.3 is 0 Å². The minimum absolute atomic E-state index is 0.241. The molecule has 0 radical (unpaired) electrons. The quantitative estimate of drug-likeness (QED) is 0.776. The number of benzene rings is 1. The third-order valence-corrected chi connectivity index (χ3v) is 2.83. The maximum atomic E-state index is 6.00. The highest BCUT2D eigenvalue weighted by Crippen LogP contribution is 2.38. The second kappa shape index (κ2) is 3.85. The van der Waals surface area contributed by atoms with Crippen LogP contribution in [-0.4, -0.2) is 22.0 Å². The zero-order chi connectivity index (χ0) is 11.8. The van der Waals surface area contributed by atoms with Crippen molar-refractivity contribution in [2.75, 3.05) is 6.79 Å². The van der Waals surface area contributed by atoms with E-state index in [2.05, 4.69) is 15.2 Å². The Labute approximate surface area is 102 Å². The first-order chi connectivity index (χ1) is 8.25. The van der Waals surface area contributed by atoms with E-state index in [1.54, 1.807) is 0 Å². The van der Waals surface area contributed by atoms with Crippen LogP contribution in [0, 0.1) is 6.92 Å². The fraction of sp³-hybridized carbons (Fsp3) is 0.182. The van der Waals surface area contributed by atoms with Crippen LogP contribution < -0.4 is 9.47 Å². The summed E-state index contributed by atoms with van der Waals surface area (Å²) in [5.41, 5.74) is 2.38. The van der Waals surface area contributed by atoms with Crippen molar-refractivity contribution in [1.29, 1.82) is 0 Å². The normalized spacial score (nSPS) is 12.8. The van der Waals surface area contributed by atoms with Crippen molar-refractivity contribution in [3.63, 3.8) is 0 Å². The highest BCUT2D eigenvalue weighted by atomic mass is 35.5. The molecule has 2 heterocycles. The lowest BCUT2D eigenvalue weighted by Crippen LogP contribution is -1.93. The topological polar surface area (TPSA) is 57.1 Å². The van der Waals surface area contributed by atoms with Crippen molar-refractivity contribution >= 4 is 11.6 Å². The molecule has 86 valence electrons. The third kappa shape index (κ3) is 1.68. The van der Waals surface area contributed by atoms with Crippen molar-refractivity contribution in [2.24, 2.45) is 0 Å². The van der Waals surface area contributed by atoms with Crippen LogP contribution in [0.4, 0.5) is 0 Å². The molecule has 0 saturated heterocycles. The van der Waals surface area contributed by atoms with Gasteiger partial charge in [-0.1, -0.05) is 11.6 Å². The van der Waals surface area contributed by atoms with Crippen molar-refractivity contribution in [2.45, 2.75) is 6.92 Å². The van der Waals surface area contributed by atoms with Gasteiger partial charge in [-0.15, -0.1) is 10.2 Å². The van der Waals surface area contributed by atoms with Crippen LogP contribution in [-0.2, 0) is 0 Å². The first kappa shape index (κ1) is 10.3. The highest BCUT2D eigenvalue weighted by Gasteiger charge is 2.18. The highest BCUT2D eigenvalue weighted by molar-refractivity contribution is 6.31. The lowest BCUT2D eigenvalue weighted by molar-refractivity contribution is 0.174. The summed E-state index contributed by atoms with van der Waals surface area (Å²) in [6.45, 7) is 2.19. The van der Waals surface area contributed by atoms with Gasteiger partial charge < -0.3 is 9.47 Å². The van der Waals surface area contributed by atoms with Gasteiger partial charge in [0, 0.05) is 5.56 Å². The van der Waals surface area contributed by atoms with Crippen LogP contribution in [0.15, 0.2) is 18.5 Å². The van der Waals surface area contributed by atoms with E-state index in [4.69, 9.17) is 21.1 Å². The summed E-state index contributed by atoms with van der Waals surface area (Å²) in [4.78, 5) is 3.91. The average molecular weight is 250 g/mol. The molecule has 0 fully saturated rings. The molecule has 5 nitrogen and oxygen atoms in total. The van der Waals surface area contributed by atoms with Crippen molar-refractivity contribution in [3.05, 3.63) is 29.2 Å². The third-order valence-electron chi connectivity index (χ3n) is 2.55. The van der Waals surface area contributed by atoms with Crippen molar-refractivity contribution < 1.29 is 9.47 Å². The molecule has 6 heteroatoms. The monoisotopic (exact) mass is 249 g/mol. The molecule has 3 rings (SSSR count). The molecule has 1 aromatic carbocycles. The summed E-state index contributed by atoms with van der Waals surface area (Å²) in [5, 5.41) is 8.05. The van der Waals surface area contributed by atoms with E-state index in [0.717, 1.165) is 16.9 Å². The van der Waals surface area contributed by atoms with Gasteiger partial charge in [0.1, 0.15) is 12.0 Å². The molecule has 1 aliphatic heterocycles. The number of ether oxygens (including phenoxy) is 2. The Hall–Kier alpha value is -1.88. The Morgan fingerprint density at radius 3 is 2.76 bits per heavy atom. The molecule has 0 bridgehead atoms. The van der Waals surface area contributed by atoms with Crippen molar-refractivity contribution in [3.8, 4) is 22.8 Å². The summed E-state index contributed by atoms with van der Waals surface area (Å²) in [5.74, 6) is 1.42. The predicted molar refractivity (Wildman–Crippen MR) is 61.1 cm³/mol. The maximum Gasteiger partial charge on any atom is 0.231 e. The van der Waals surface area contributed by atoms with Gasteiger partial charge in [-0.05, 0) is 24.6 Å². The Morgan fingerprint density at radius 1 is 1.24 bits per heavy atom.